The second-order valence-electron chi connectivity index (χ2n) is 8.33. The minimum Gasteiger partial charge on any atom is -0.473 e. The monoisotopic (exact) mass is 639 g/mol. The van der Waals surface area contributed by atoms with Crippen LogP contribution < -0.4 is 4.74 Å². The first-order valence-corrected chi connectivity index (χ1v) is 15.4. The summed E-state index contributed by atoms with van der Waals surface area (Å²) in [5.41, 5.74) is 6.29. The summed E-state index contributed by atoms with van der Waals surface area (Å²) < 4.78 is 13.0. The summed E-state index contributed by atoms with van der Waals surface area (Å²) in [5.74, 6) is 0.773. The van der Waals surface area contributed by atoms with Crippen LogP contribution in [-0.4, -0.2) is 53.7 Å². The fourth-order valence-electron chi connectivity index (χ4n) is 4.30. The Labute approximate surface area is 215 Å². The van der Waals surface area contributed by atoms with Crippen LogP contribution in [0.3, 0.4) is 0 Å². The summed E-state index contributed by atoms with van der Waals surface area (Å²) >= 11 is 6.02. The smallest absolute Gasteiger partial charge is 0.219 e. The molecule has 0 saturated heterocycles. The van der Waals surface area contributed by atoms with Gasteiger partial charge in [0, 0.05) is 38.1 Å². The maximum absolute atomic E-state index is 6.42. The second-order valence-corrected chi connectivity index (χ2v) is 11.1. The summed E-state index contributed by atoms with van der Waals surface area (Å²) in [7, 11) is 6.01. The molecule has 2 atom stereocenters. The lowest BCUT2D eigenvalue weighted by Crippen LogP contribution is -2.32. The number of aromatic nitrogens is 6. The van der Waals surface area contributed by atoms with Crippen LogP contribution in [0.1, 0.15) is 23.9 Å². The van der Waals surface area contributed by atoms with Crippen molar-refractivity contribution < 1.29 is 4.74 Å². The quantitative estimate of drug-likeness (QED) is 0.214. The number of hydrogen-bond acceptors (Lipinski definition) is 5. The molecule has 4 heterocycles. The summed E-state index contributed by atoms with van der Waals surface area (Å²) in [5, 5.41) is 15.1. The molecule has 0 radical (unpaired) electrons. The number of aryl methyl sites for hydroxylation is 2. The van der Waals surface area contributed by atoms with Crippen LogP contribution in [0.5, 0.6) is 5.88 Å². The number of halogens is 2. The molecule has 11 heteroatoms. The maximum Gasteiger partial charge on any atom is 0.219 e. The minimum absolute atomic E-state index is 0.0211. The molecule has 0 N–H and O–H groups in total. The molecule has 3 aromatic heterocycles. The zero-order chi connectivity index (χ0) is 23.3. The Hall–Kier alpha value is -1.75. The van der Waals surface area contributed by atoms with Crippen LogP contribution in [0.4, 0.5) is 0 Å². The van der Waals surface area contributed by atoms with Gasteiger partial charge in [0.2, 0.25) is 5.88 Å². The van der Waals surface area contributed by atoms with Crippen molar-refractivity contribution in [1.29, 1.82) is 0 Å². The first-order valence-electron chi connectivity index (χ1n) is 10.5. The third-order valence-corrected chi connectivity index (χ3v) is 8.31. The standard InChI is InChI=1S/C22H24BrIN7OP/c1-13-11-28(2)12-20-15(21(23)27-29(20)3)6-7-18-16-9-14(5-8-19(16)31(26-18)33-24)17-10-25-30(4)22(17)32-13/h5-10,13,33H,11-12H2,1-4H3/b7-6+. The van der Waals surface area contributed by atoms with Crippen LogP contribution in [0.2, 0.25) is 0 Å². The lowest BCUT2D eigenvalue weighted by atomic mass is 10.1. The van der Waals surface area contributed by atoms with Gasteiger partial charge in [0.25, 0.3) is 0 Å². The normalized spacial score (nSPS) is 18.3. The number of ether oxygens (including phenoxy) is 1. The predicted octanol–water partition coefficient (Wildman–Crippen LogP) is 5.11. The van der Waals surface area contributed by atoms with E-state index in [1.54, 1.807) is 4.68 Å². The van der Waals surface area contributed by atoms with E-state index in [2.05, 4.69) is 102 Å². The molecule has 0 saturated carbocycles. The van der Waals surface area contributed by atoms with Crippen molar-refractivity contribution in [2.75, 3.05) is 13.6 Å². The van der Waals surface area contributed by atoms with E-state index in [0.717, 1.165) is 62.6 Å². The van der Waals surface area contributed by atoms with Gasteiger partial charge in [-0.3, -0.25) is 9.58 Å². The molecule has 0 amide bonds. The zero-order valence-electron chi connectivity index (χ0n) is 18.8. The van der Waals surface area contributed by atoms with E-state index < -0.39 is 0 Å². The van der Waals surface area contributed by atoms with Gasteiger partial charge in [-0.1, -0.05) is 6.07 Å². The third kappa shape index (κ3) is 4.26. The van der Waals surface area contributed by atoms with Gasteiger partial charge in [-0.25, -0.2) is 9.13 Å². The van der Waals surface area contributed by atoms with Gasteiger partial charge in [-0.15, -0.1) is 0 Å². The van der Waals surface area contributed by atoms with Gasteiger partial charge in [-0.05, 0) is 81.8 Å². The Balaban J connectivity index is 1.73. The van der Waals surface area contributed by atoms with Crippen LogP contribution >= 0.6 is 44.3 Å². The van der Waals surface area contributed by atoms with E-state index in [1.165, 1.54) is 0 Å². The van der Waals surface area contributed by atoms with E-state index in [-0.39, 0.29) is 6.10 Å². The molecular formula is C22H24BrIN7OP. The number of benzene rings is 1. The first-order chi connectivity index (χ1) is 15.9. The number of fused-ring (bicyclic) bond motifs is 4. The zero-order valence-corrected chi connectivity index (χ0v) is 23.5. The number of rotatable bonds is 1. The number of nitrogens with zero attached hydrogens (tertiary/aromatic N) is 7. The van der Waals surface area contributed by atoms with E-state index in [9.17, 15) is 0 Å². The Bertz CT molecular complexity index is 1370. The van der Waals surface area contributed by atoms with Crippen LogP contribution in [-0.2, 0) is 20.6 Å². The molecule has 1 aliphatic heterocycles. The van der Waals surface area contributed by atoms with Crippen LogP contribution in [0, 0.1) is 0 Å². The highest BCUT2D eigenvalue weighted by Crippen LogP contribution is 2.37. The average molecular weight is 640 g/mol. The first kappa shape index (κ1) is 23.0. The molecule has 8 nitrogen and oxygen atoms in total. The van der Waals surface area contributed by atoms with E-state index in [4.69, 9.17) is 9.84 Å². The number of hydrogen-bond donors (Lipinski definition) is 0. The lowest BCUT2D eigenvalue weighted by Gasteiger charge is -2.23. The molecule has 2 unspecified atom stereocenters. The highest BCUT2D eigenvalue weighted by Gasteiger charge is 2.21. The predicted molar refractivity (Wildman–Crippen MR) is 146 cm³/mol. The fourth-order valence-corrected chi connectivity index (χ4v) is 6.44. The van der Waals surface area contributed by atoms with Crippen molar-refractivity contribution in [3.8, 4) is 17.0 Å². The van der Waals surface area contributed by atoms with Gasteiger partial charge < -0.3 is 4.74 Å². The molecule has 5 rings (SSSR count). The van der Waals surface area contributed by atoms with Gasteiger partial charge in [0.15, 0.2) is 0 Å². The Kier molecular flexibility index (Phi) is 6.37. The van der Waals surface area contributed by atoms with E-state index >= 15 is 0 Å². The Morgan fingerprint density at radius 1 is 1.15 bits per heavy atom. The van der Waals surface area contributed by atoms with Gasteiger partial charge in [0.1, 0.15) is 10.7 Å². The highest BCUT2D eigenvalue weighted by atomic mass is 127. The number of likely N-dealkylation sites (N-methyl/N-ethyl adjacent to an activating group) is 1. The molecule has 1 aliphatic rings. The van der Waals surface area contributed by atoms with E-state index in [1.807, 2.05) is 25.0 Å². The molecule has 0 spiro atoms. The second kappa shape index (κ2) is 9.13. The van der Waals surface area contributed by atoms with Crippen LogP contribution in [0.25, 0.3) is 34.2 Å². The highest BCUT2D eigenvalue weighted by molar-refractivity contribution is 14.2. The van der Waals surface area contributed by atoms with Gasteiger partial charge in [0.05, 0.1) is 35.0 Å². The topological polar surface area (TPSA) is 65.9 Å². The van der Waals surface area contributed by atoms with Crippen LogP contribution in [0.15, 0.2) is 29.0 Å². The summed E-state index contributed by atoms with van der Waals surface area (Å²) in [4.78, 5) is 2.26. The maximum atomic E-state index is 6.42. The summed E-state index contributed by atoms with van der Waals surface area (Å²) in [6.45, 7) is 3.60. The van der Waals surface area contributed by atoms with Crippen molar-refractivity contribution in [2.24, 2.45) is 14.1 Å². The summed E-state index contributed by atoms with van der Waals surface area (Å²) in [6, 6.07) is 6.45. The molecule has 1 aromatic carbocycles. The average Bonchev–Trinajstić information content (AvgIpc) is 3.39. The molecule has 172 valence electrons. The summed E-state index contributed by atoms with van der Waals surface area (Å²) in [6.07, 6.45) is 6.57. The molecule has 0 aliphatic carbocycles. The van der Waals surface area contributed by atoms with Gasteiger partial charge in [-0.2, -0.15) is 15.3 Å². The molecule has 2 bridgehead atoms. The van der Waals surface area contributed by atoms with Crippen molar-refractivity contribution >= 4 is 67.4 Å². The van der Waals surface area contributed by atoms with Crippen molar-refractivity contribution in [2.45, 2.75) is 19.6 Å². The molecule has 0 fully saturated rings. The molecule has 4 aromatic rings. The SMILES string of the molecule is CC1CN(C)Cc2c(c(Br)nn2C)/C=C/c2nn(PI)c3ccc(cc23)-c2cnn(C)c2O1. The Morgan fingerprint density at radius 2 is 1.97 bits per heavy atom. The Morgan fingerprint density at radius 3 is 2.76 bits per heavy atom. The van der Waals surface area contributed by atoms with Crippen molar-refractivity contribution in [3.05, 3.63) is 46.0 Å². The molecular weight excluding hydrogens is 616 g/mol. The van der Waals surface area contributed by atoms with Crippen molar-refractivity contribution in [3.63, 3.8) is 0 Å². The fraction of sp³-hybridized carbons (Fsp3) is 0.318. The third-order valence-electron chi connectivity index (χ3n) is 5.85. The van der Waals surface area contributed by atoms with E-state index in [0.29, 0.717) is 6.37 Å². The minimum atomic E-state index is -0.0211. The van der Waals surface area contributed by atoms with Crippen molar-refractivity contribution in [1.82, 2.24) is 34.0 Å². The lowest BCUT2D eigenvalue weighted by molar-refractivity contribution is 0.147. The molecule has 33 heavy (non-hydrogen) atoms. The largest absolute Gasteiger partial charge is 0.473 e. The van der Waals surface area contributed by atoms with Gasteiger partial charge >= 0.3 is 0 Å².